The molecule has 0 radical (unpaired) electrons. The van der Waals surface area contributed by atoms with Crippen molar-refractivity contribution >= 4 is 16.7 Å². The molecular weight excluding hydrogens is 334 g/mol. The molecule has 0 aliphatic rings. The zero-order chi connectivity index (χ0) is 18.6. The van der Waals surface area contributed by atoms with Gasteiger partial charge in [-0.1, -0.05) is 60.7 Å². The number of Topliss-reactive ketones (excluding diaryl/α,β-unsaturated/α-hetero) is 1. The maximum absolute atomic E-state index is 12.9. The molecule has 1 aromatic heterocycles. The van der Waals surface area contributed by atoms with E-state index in [1.165, 1.54) is 0 Å². The number of hydrogen-bond donors (Lipinski definition) is 1. The number of H-pyrrole nitrogens is 1. The topological polar surface area (TPSA) is 42.1 Å². The molecule has 0 aliphatic carbocycles. The van der Waals surface area contributed by atoms with Gasteiger partial charge in [-0.2, -0.15) is 0 Å². The van der Waals surface area contributed by atoms with Crippen molar-refractivity contribution in [1.29, 1.82) is 0 Å². The minimum Gasteiger partial charge on any atom is -0.497 e. The molecule has 0 aliphatic heterocycles. The Morgan fingerprint density at radius 2 is 1.63 bits per heavy atom. The fourth-order valence-corrected chi connectivity index (χ4v) is 3.55. The van der Waals surface area contributed by atoms with Gasteiger partial charge in [0.25, 0.3) is 0 Å². The highest BCUT2D eigenvalue weighted by Crippen LogP contribution is 2.35. The van der Waals surface area contributed by atoms with Crippen LogP contribution in [-0.2, 0) is 0 Å². The van der Waals surface area contributed by atoms with Gasteiger partial charge in [-0.05, 0) is 29.3 Å². The predicted molar refractivity (Wildman–Crippen MR) is 109 cm³/mol. The van der Waals surface area contributed by atoms with Crippen LogP contribution in [0.3, 0.4) is 0 Å². The third kappa shape index (κ3) is 3.49. The van der Waals surface area contributed by atoms with Crippen LogP contribution in [0.5, 0.6) is 5.75 Å². The van der Waals surface area contributed by atoms with Gasteiger partial charge in [0.1, 0.15) is 5.75 Å². The summed E-state index contributed by atoms with van der Waals surface area (Å²) >= 11 is 0. The summed E-state index contributed by atoms with van der Waals surface area (Å²) in [6, 6.07) is 25.7. The lowest BCUT2D eigenvalue weighted by atomic mass is 9.85. The molecule has 0 saturated carbocycles. The molecule has 0 spiro atoms. The summed E-state index contributed by atoms with van der Waals surface area (Å²) in [5.74, 6) is 0.923. The average molecular weight is 355 g/mol. The maximum atomic E-state index is 12.9. The Hall–Kier alpha value is -3.33. The van der Waals surface area contributed by atoms with Crippen molar-refractivity contribution in [3.63, 3.8) is 0 Å². The monoisotopic (exact) mass is 355 g/mol. The van der Waals surface area contributed by atoms with Crippen LogP contribution in [0.1, 0.15) is 33.8 Å². The second-order valence-corrected chi connectivity index (χ2v) is 6.61. The molecule has 1 N–H and O–H groups in total. The fraction of sp³-hybridized carbons (Fsp3) is 0.125. The minimum absolute atomic E-state index is 0.0280. The number of para-hydroxylation sites is 1. The van der Waals surface area contributed by atoms with Crippen molar-refractivity contribution in [2.45, 2.75) is 12.3 Å². The Labute approximate surface area is 158 Å². The number of carbonyl (C=O) groups excluding carboxylic acids is 1. The second kappa shape index (κ2) is 7.50. The van der Waals surface area contributed by atoms with E-state index >= 15 is 0 Å². The normalized spacial score (nSPS) is 12.0. The molecule has 3 nitrogen and oxygen atoms in total. The first-order valence-corrected chi connectivity index (χ1v) is 9.04. The highest BCUT2D eigenvalue weighted by Gasteiger charge is 2.22. The Bertz CT molecular complexity index is 1050. The summed E-state index contributed by atoms with van der Waals surface area (Å²) in [6.45, 7) is 0. The standard InChI is InChI=1S/C24H21NO2/c1-27-19-13-11-17(12-14-19)21(15-24(26)18-7-3-2-4-8-18)22-16-25-23-10-6-5-9-20(22)23/h2-14,16,21,25H,15H2,1H3/t21-/m0/s1. The molecule has 1 heterocycles. The summed E-state index contributed by atoms with van der Waals surface area (Å²) < 4.78 is 5.29. The van der Waals surface area contributed by atoms with Gasteiger partial charge in [0.2, 0.25) is 0 Å². The summed E-state index contributed by atoms with van der Waals surface area (Å²) in [5.41, 5.74) is 4.07. The lowest BCUT2D eigenvalue weighted by Crippen LogP contribution is -2.09. The van der Waals surface area contributed by atoms with Gasteiger partial charge in [-0.15, -0.1) is 0 Å². The lowest BCUT2D eigenvalue weighted by Gasteiger charge is -2.17. The molecule has 134 valence electrons. The molecule has 0 fully saturated rings. The van der Waals surface area contributed by atoms with Crippen LogP contribution in [-0.4, -0.2) is 17.9 Å². The SMILES string of the molecule is COc1ccc([C@H](CC(=O)c2ccccc2)c2c[nH]c3ccccc23)cc1. The molecule has 3 heteroatoms. The van der Waals surface area contributed by atoms with Gasteiger partial charge in [0.15, 0.2) is 5.78 Å². The average Bonchev–Trinajstić information content (AvgIpc) is 3.16. The molecule has 4 rings (SSSR count). The second-order valence-electron chi connectivity index (χ2n) is 6.61. The van der Waals surface area contributed by atoms with E-state index in [4.69, 9.17) is 4.74 Å². The molecule has 0 unspecified atom stereocenters. The van der Waals surface area contributed by atoms with Crippen LogP contribution in [0.25, 0.3) is 10.9 Å². The van der Waals surface area contributed by atoms with Crippen molar-refractivity contribution < 1.29 is 9.53 Å². The Kier molecular flexibility index (Phi) is 4.75. The smallest absolute Gasteiger partial charge is 0.163 e. The van der Waals surface area contributed by atoms with Crippen LogP contribution in [0, 0.1) is 0 Å². The number of nitrogens with one attached hydrogen (secondary N) is 1. The molecule has 0 saturated heterocycles. The first kappa shape index (κ1) is 17.1. The highest BCUT2D eigenvalue weighted by molar-refractivity contribution is 5.97. The number of ether oxygens (including phenoxy) is 1. The van der Waals surface area contributed by atoms with E-state index in [9.17, 15) is 4.79 Å². The summed E-state index contributed by atoms with van der Waals surface area (Å²) in [6.07, 6.45) is 2.44. The van der Waals surface area contributed by atoms with Crippen molar-refractivity contribution in [3.8, 4) is 5.75 Å². The number of methoxy groups -OCH3 is 1. The molecule has 1 atom stereocenters. The fourth-order valence-electron chi connectivity index (χ4n) is 3.55. The third-order valence-corrected chi connectivity index (χ3v) is 5.00. The predicted octanol–water partition coefficient (Wildman–Crippen LogP) is 5.58. The van der Waals surface area contributed by atoms with Crippen molar-refractivity contribution in [1.82, 2.24) is 4.98 Å². The van der Waals surface area contributed by atoms with Crippen molar-refractivity contribution in [3.05, 3.63) is 102 Å². The molecule has 0 bridgehead atoms. The highest BCUT2D eigenvalue weighted by atomic mass is 16.5. The van der Waals surface area contributed by atoms with E-state index in [-0.39, 0.29) is 11.7 Å². The summed E-state index contributed by atoms with van der Waals surface area (Å²) in [7, 11) is 1.66. The number of benzene rings is 3. The quantitative estimate of drug-likeness (QED) is 0.459. The lowest BCUT2D eigenvalue weighted by molar-refractivity contribution is 0.0978. The van der Waals surface area contributed by atoms with Crippen LogP contribution in [0.2, 0.25) is 0 Å². The Balaban J connectivity index is 1.76. The van der Waals surface area contributed by atoms with E-state index < -0.39 is 0 Å². The largest absolute Gasteiger partial charge is 0.497 e. The molecule has 0 amide bonds. The van der Waals surface area contributed by atoms with Crippen LogP contribution in [0.4, 0.5) is 0 Å². The van der Waals surface area contributed by atoms with Crippen LogP contribution < -0.4 is 4.74 Å². The zero-order valence-electron chi connectivity index (χ0n) is 15.2. The van der Waals surface area contributed by atoms with Gasteiger partial charge < -0.3 is 9.72 Å². The Morgan fingerprint density at radius 3 is 2.37 bits per heavy atom. The number of hydrogen-bond acceptors (Lipinski definition) is 2. The first-order valence-electron chi connectivity index (χ1n) is 9.04. The Morgan fingerprint density at radius 1 is 0.926 bits per heavy atom. The summed E-state index contributed by atoms with van der Waals surface area (Å²) in [4.78, 5) is 16.3. The van der Waals surface area contributed by atoms with E-state index in [1.807, 2.05) is 72.9 Å². The van der Waals surface area contributed by atoms with Gasteiger partial charge in [0, 0.05) is 35.0 Å². The van der Waals surface area contributed by atoms with E-state index in [1.54, 1.807) is 7.11 Å². The van der Waals surface area contributed by atoms with Crippen molar-refractivity contribution in [2.75, 3.05) is 7.11 Å². The third-order valence-electron chi connectivity index (χ3n) is 5.00. The van der Waals surface area contributed by atoms with Gasteiger partial charge in [-0.25, -0.2) is 0 Å². The van der Waals surface area contributed by atoms with E-state index in [2.05, 4.69) is 17.1 Å². The van der Waals surface area contributed by atoms with Crippen LogP contribution in [0.15, 0.2) is 85.1 Å². The number of aromatic nitrogens is 1. The number of carbonyl (C=O) groups is 1. The van der Waals surface area contributed by atoms with Gasteiger partial charge in [-0.3, -0.25) is 4.79 Å². The maximum Gasteiger partial charge on any atom is 0.163 e. The molecule has 27 heavy (non-hydrogen) atoms. The number of aromatic amines is 1. The number of rotatable bonds is 6. The van der Waals surface area contributed by atoms with E-state index in [0.717, 1.165) is 33.3 Å². The zero-order valence-corrected chi connectivity index (χ0v) is 15.2. The molecule has 3 aromatic carbocycles. The minimum atomic E-state index is -0.0280. The first-order chi connectivity index (χ1) is 13.3. The number of ketones is 1. The molecular formula is C24H21NO2. The van der Waals surface area contributed by atoms with Gasteiger partial charge in [0.05, 0.1) is 7.11 Å². The van der Waals surface area contributed by atoms with E-state index in [0.29, 0.717) is 6.42 Å². The van der Waals surface area contributed by atoms with Gasteiger partial charge >= 0.3 is 0 Å². The number of fused-ring (bicyclic) bond motifs is 1. The van der Waals surface area contributed by atoms with Crippen molar-refractivity contribution in [2.24, 2.45) is 0 Å². The summed E-state index contributed by atoms with van der Waals surface area (Å²) in [5, 5.41) is 1.15. The van der Waals surface area contributed by atoms with Crippen LogP contribution >= 0.6 is 0 Å². The molecule has 4 aromatic rings.